The maximum atomic E-state index is 10.5. The summed E-state index contributed by atoms with van der Waals surface area (Å²) in [5.41, 5.74) is 1.02. The van der Waals surface area contributed by atoms with Gasteiger partial charge >= 0.3 is 0 Å². The number of hydrogen-bond donors (Lipinski definition) is 2. The fourth-order valence-electron chi connectivity index (χ4n) is 2.86. The molecule has 1 aliphatic heterocycles. The molecule has 0 radical (unpaired) electrons. The fraction of sp³-hybridized carbons (Fsp3) is 0.600. The summed E-state index contributed by atoms with van der Waals surface area (Å²) in [6.45, 7) is 8.56. The fourth-order valence-corrected chi connectivity index (χ4v) is 4.12. The zero-order chi connectivity index (χ0) is 14.7. The molecule has 1 unspecified atom stereocenters. The Bertz CT molecular complexity index is 461. The van der Waals surface area contributed by atoms with E-state index in [4.69, 9.17) is 0 Å². The molecule has 2 atom stereocenters. The van der Waals surface area contributed by atoms with Gasteiger partial charge in [0.05, 0.1) is 4.47 Å². The van der Waals surface area contributed by atoms with Gasteiger partial charge in [-0.3, -0.25) is 4.90 Å². The van der Waals surface area contributed by atoms with Gasteiger partial charge in [0.25, 0.3) is 0 Å². The molecule has 20 heavy (non-hydrogen) atoms. The average molecular weight is 406 g/mol. The zero-order valence-corrected chi connectivity index (χ0v) is 15.2. The van der Waals surface area contributed by atoms with Crippen LogP contribution >= 0.6 is 31.9 Å². The van der Waals surface area contributed by atoms with Crippen LogP contribution in [0, 0.1) is 5.92 Å². The standard InChI is InChI=1S/C15H22Br2N2O/c1-3-10(2)14(19-6-4-18-5-7-19)12-8-11(16)9-13(17)15(12)20/h8-10,14,18,20H,3-7H2,1-2H3/t10?,14-/m0/s1. The van der Waals surface area contributed by atoms with E-state index in [0.29, 0.717) is 11.7 Å². The topological polar surface area (TPSA) is 35.5 Å². The van der Waals surface area contributed by atoms with Crippen LogP contribution in [0.5, 0.6) is 5.75 Å². The number of phenols is 1. The summed E-state index contributed by atoms with van der Waals surface area (Å²) < 4.78 is 1.76. The van der Waals surface area contributed by atoms with Gasteiger partial charge in [-0.15, -0.1) is 0 Å². The quantitative estimate of drug-likeness (QED) is 0.796. The second-order valence-corrected chi connectivity index (χ2v) is 7.21. The minimum Gasteiger partial charge on any atom is -0.506 e. The monoisotopic (exact) mass is 404 g/mol. The Kier molecular flexibility index (Phi) is 5.90. The molecule has 1 aromatic carbocycles. The first-order valence-corrected chi connectivity index (χ1v) is 8.75. The largest absolute Gasteiger partial charge is 0.506 e. The van der Waals surface area contributed by atoms with Crippen LogP contribution in [0.15, 0.2) is 21.1 Å². The van der Waals surface area contributed by atoms with Gasteiger partial charge in [0, 0.05) is 42.3 Å². The zero-order valence-electron chi connectivity index (χ0n) is 12.0. The molecule has 0 aromatic heterocycles. The van der Waals surface area contributed by atoms with Crippen molar-refractivity contribution in [3.63, 3.8) is 0 Å². The second-order valence-electron chi connectivity index (χ2n) is 5.44. The number of nitrogens with zero attached hydrogens (tertiary/aromatic N) is 1. The van der Waals surface area contributed by atoms with Gasteiger partial charge in [0.2, 0.25) is 0 Å². The Morgan fingerprint density at radius 3 is 2.55 bits per heavy atom. The summed E-state index contributed by atoms with van der Waals surface area (Å²) in [6, 6.07) is 4.21. The second kappa shape index (κ2) is 7.25. The van der Waals surface area contributed by atoms with Crippen molar-refractivity contribution in [1.29, 1.82) is 0 Å². The first-order valence-electron chi connectivity index (χ1n) is 7.17. The molecular weight excluding hydrogens is 384 g/mol. The van der Waals surface area contributed by atoms with Crippen LogP contribution in [0.2, 0.25) is 0 Å². The van der Waals surface area contributed by atoms with Gasteiger partial charge < -0.3 is 10.4 Å². The van der Waals surface area contributed by atoms with Gasteiger partial charge in [-0.05, 0) is 34.0 Å². The van der Waals surface area contributed by atoms with Crippen molar-refractivity contribution < 1.29 is 5.11 Å². The smallest absolute Gasteiger partial charge is 0.134 e. The summed E-state index contributed by atoms with van der Waals surface area (Å²) >= 11 is 6.99. The highest BCUT2D eigenvalue weighted by molar-refractivity contribution is 9.11. The van der Waals surface area contributed by atoms with Crippen molar-refractivity contribution in [2.24, 2.45) is 5.92 Å². The van der Waals surface area contributed by atoms with Gasteiger partial charge in [-0.25, -0.2) is 0 Å². The van der Waals surface area contributed by atoms with E-state index in [-0.39, 0.29) is 6.04 Å². The summed E-state index contributed by atoms with van der Waals surface area (Å²) in [5.74, 6) is 0.872. The van der Waals surface area contributed by atoms with Crippen LogP contribution < -0.4 is 5.32 Å². The molecule has 112 valence electrons. The van der Waals surface area contributed by atoms with Crippen LogP contribution in [0.1, 0.15) is 31.9 Å². The van der Waals surface area contributed by atoms with Crippen molar-refractivity contribution in [3.8, 4) is 5.75 Å². The number of halogens is 2. The Hall–Kier alpha value is -0.100. The molecule has 0 bridgehead atoms. The summed E-state index contributed by atoms with van der Waals surface area (Å²) in [5, 5.41) is 13.9. The van der Waals surface area contributed by atoms with E-state index < -0.39 is 0 Å². The third-order valence-electron chi connectivity index (χ3n) is 4.10. The predicted molar refractivity (Wildman–Crippen MR) is 90.1 cm³/mol. The molecule has 1 aromatic rings. The van der Waals surface area contributed by atoms with Crippen molar-refractivity contribution in [1.82, 2.24) is 10.2 Å². The minimum atomic E-state index is 0.260. The van der Waals surface area contributed by atoms with Gasteiger partial charge in [0.1, 0.15) is 5.75 Å². The van der Waals surface area contributed by atoms with E-state index in [2.05, 4.69) is 62.0 Å². The molecule has 2 rings (SSSR count). The lowest BCUT2D eigenvalue weighted by atomic mass is 9.90. The van der Waals surface area contributed by atoms with Crippen molar-refractivity contribution >= 4 is 31.9 Å². The van der Waals surface area contributed by atoms with E-state index in [1.165, 1.54) is 0 Å². The predicted octanol–water partition coefficient (Wildman–Crippen LogP) is 3.91. The van der Waals surface area contributed by atoms with E-state index in [9.17, 15) is 5.11 Å². The van der Waals surface area contributed by atoms with E-state index in [1.807, 2.05) is 6.07 Å². The molecule has 1 heterocycles. The van der Waals surface area contributed by atoms with Crippen LogP contribution in [-0.4, -0.2) is 36.2 Å². The molecule has 5 heteroatoms. The van der Waals surface area contributed by atoms with Crippen LogP contribution in [-0.2, 0) is 0 Å². The molecule has 1 fully saturated rings. The van der Waals surface area contributed by atoms with Crippen LogP contribution in [0.3, 0.4) is 0 Å². The molecule has 2 N–H and O–H groups in total. The van der Waals surface area contributed by atoms with E-state index in [1.54, 1.807) is 0 Å². The van der Waals surface area contributed by atoms with Crippen molar-refractivity contribution in [2.45, 2.75) is 26.3 Å². The molecule has 0 aliphatic carbocycles. The molecule has 0 saturated carbocycles. The maximum Gasteiger partial charge on any atom is 0.134 e. The normalized spacial score (nSPS) is 19.8. The van der Waals surface area contributed by atoms with Gasteiger partial charge in [0.15, 0.2) is 0 Å². The highest BCUT2D eigenvalue weighted by Crippen LogP contribution is 2.41. The number of benzene rings is 1. The number of hydrogen-bond acceptors (Lipinski definition) is 3. The lowest BCUT2D eigenvalue weighted by Gasteiger charge is -2.38. The summed E-state index contributed by atoms with van der Waals surface area (Å²) in [6.07, 6.45) is 1.10. The van der Waals surface area contributed by atoms with Gasteiger partial charge in [-0.1, -0.05) is 36.2 Å². The molecule has 1 aliphatic rings. The molecule has 3 nitrogen and oxygen atoms in total. The lowest BCUT2D eigenvalue weighted by Crippen LogP contribution is -2.46. The highest BCUT2D eigenvalue weighted by atomic mass is 79.9. The first-order chi connectivity index (χ1) is 9.54. The third-order valence-corrected chi connectivity index (χ3v) is 5.17. The first kappa shape index (κ1) is 16.3. The molecule has 1 saturated heterocycles. The maximum absolute atomic E-state index is 10.5. The highest BCUT2D eigenvalue weighted by Gasteiger charge is 2.29. The Labute approximate surface area is 138 Å². The van der Waals surface area contributed by atoms with E-state index >= 15 is 0 Å². The Balaban J connectivity index is 2.40. The molecular formula is C15H22Br2N2O. The number of nitrogens with one attached hydrogen (secondary N) is 1. The minimum absolute atomic E-state index is 0.260. The van der Waals surface area contributed by atoms with E-state index in [0.717, 1.165) is 47.1 Å². The Morgan fingerprint density at radius 1 is 1.30 bits per heavy atom. The Morgan fingerprint density at radius 2 is 1.95 bits per heavy atom. The SMILES string of the molecule is CCC(C)[C@@H](c1cc(Br)cc(Br)c1O)N1CCNCC1. The molecule has 0 spiro atoms. The van der Waals surface area contributed by atoms with Gasteiger partial charge in [-0.2, -0.15) is 0 Å². The summed E-state index contributed by atoms with van der Waals surface area (Å²) in [4.78, 5) is 2.48. The number of aromatic hydroxyl groups is 1. The molecule has 0 amide bonds. The number of phenolic OH excluding ortho intramolecular Hbond substituents is 1. The van der Waals surface area contributed by atoms with Crippen molar-refractivity contribution in [2.75, 3.05) is 26.2 Å². The van der Waals surface area contributed by atoms with Crippen LogP contribution in [0.25, 0.3) is 0 Å². The lowest BCUT2D eigenvalue weighted by molar-refractivity contribution is 0.126. The third kappa shape index (κ3) is 3.56. The number of piperazine rings is 1. The van der Waals surface area contributed by atoms with Crippen LogP contribution in [0.4, 0.5) is 0 Å². The number of rotatable bonds is 4. The summed E-state index contributed by atoms with van der Waals surface area (Å²) in [7, 11) is 0. The van der Waals surface area contributed by atoms with Crippen molar-refractivity contribution in [3.05, 3.63) is 26.6 Å². The average Bonchev–Trinajstić information content (AvgIpc) is 2.45.